The second-order valence-electron chi connectivity index (χ2n) is 2.61. The van der Waals surface area contributed by atoms with Gasteiger partial charge in [0.1, 0.15) is 0 Å². The number of rotatable bonds is 6. The molecule has 0 bridgehead atoms. The quantitative estimate of drug-likeness (QED) is 0.493. The molecule has 0 spiro atoms. The van der Waals surface area contributed by atoms with E-state index in [1.165, 1.54) is 0 Å². The van der Waals surface area contributed by atoms with E-state index < -0.39 is 21.9 Å². The second-order valence-corrected chi connectivity index (χ2v) is 4.34. The maximum Gasteiger partial charge on any atom is 0.303 e. The summed E-state index contributed by atoms with van der Waals surface area (Å²) in [6.07, 6.45) is -0.443. The lowest BCUT2D eigenvalue weighted by atomic mass is 10.3. The first kappa shape index (κ1) is 12.8. The smallest absolute Gasteiger partial charge is 0.303 e. The van der Waals surface area contributed by atoms with Crippen LogP contribution >= 0.6 is 0 Å². The Balaban J connectivity index is 3.60. The molecule has 0 aromatic rings. The summed E-state index contributed by atoms with van der Waals surface area (Å²) in [5.41, 5.74) is 0. The third-order valence-corrected chi connectivity index (χ3v) is 2.05. The van der Waals surface area contributed by atoms with Crippen molar-refractivity contribution in [2.45, 2.75) is 12.8 Å². The van der Waals surface area contributed by atoms with Crippen LogP contribution in [-0.4, -0.2) is 37.7 Å². The largest absolute Gasteiger partial charge is 0.481 e. The van der Waals surface area contributed by atoms with Crippen molar-refractivity contribution in [3.8, 4) is 0 Å². The highest BCUT2D eigenvalue weighted by Crippen LogP contribution is 1.88. The Kier molecular flexibility index (Phi) is 5.10. The average Bonchev–Trinajstić information content (AvgIpc) is 1.98. The molecule has 0 atom stereocenters. The number of carbonyl (C=O) groups is 2. The minimum absolute atomic E-state index is 0.0999. The summed E-state index contributed by atoms with van der Waals surface area (Å²) in [5, 5.41) is 15.1. The molecule has 0 saturated heterocycles. The molecule has 0 aromatic carbocycles. The van der Waals surface area contributed by atoms with Crippen molar-refractivity contribution in [1.29, 1.82) is 0 Å². The van der Waals surface area contributed by atoms with Gasteiger partial charge in [0, 0.05) is 13.0 Å². The van der Waals surface area contributed by atoms with E-state index in [1.807, 2.05) is 0 Å². The van der Waals surface area contributed by atoms with Crippen molar-refractivity contribution in [3.63, 3.8) is 0 Å². The van der Waals surface area contributed by atoms with Gasteiger partial charge in [-0.15, -0.1) is 0 Å². The zero-order valence-electron chi connectivity index (χ0n) is 7.39. The minimum Gasteiger partial charge on any atom is -0.481 e. The van der Waals surface area contributed by atoms with E-state index in [1.54, 1.807) is 0 Å². The summed E-state index contributed by atoms with van der Waals surface area (Å²) in [6, 6.07) is 0. The van der Waals surface area contributed by atoms with Crippen LogP contribution in [0, 0.1) is 0 Å². The molecule has 14 heavy (non-hydrogen) atoms. The molecule has 82 valence electrons. The van der Waals surface area contributed by atoms with Crippen molar-refractivity contribution in [3.05, 3.63) is 0 Å². The van der Waals surface area contributed by atoms with E-state index >= 15 is 0 Å². The van der Waals surface area contributed by atoms with E-state index in [2.05, 4.69) is 10.5 Å². The van der Waals surface area contributed by atoms with Gasteiger partial charge in [-0.25, -0.2) is 13.6 Å². The third-order valence-electron chi connectivity index (χ3n) is 1.27. The molecular weight excluding hydrogens is 212 g/mol. The molecule has 8 heteroatoms. The molecular formula is C6H12N2O5S. The topological polar surface area (TPSA) is 127 Å². The predicted molar refractivity (Wildman–Crippen MR) is 47.9 cm³/mol. The summed E-state index contributed by atoms with van der Waals surface area (Å²) in [4.78, 5) is 20.9. The highest BCUT2D eigenvalue weighted by atomic mass is 32.2. The number of nitrogens with two attached hydrogens (primary N) is 1. The van der Waals surface area contributed by atoms with E-state index in [9.17, 15) is 18.0 Å². The number of amides is 1. The van der Waals surface area contributed by atoms with Crippen LogP contribution in [0.15, 0.2) is 0 Å². The van der Waals surface area contributed by atoms with Crippen molar-refractivity contribution in [2.75, 3.05) is 12.3 Å². The van der Waals surface area contributed by atoms with Gasteiger partial charge in [0.05, 0.1) is 12.2 Å². The number of carboxylic acid groups (broad SMARTS) is 1. The van der Waals surface area contributed by atoms with Gasteiger partial charge < -0.3 is 10.4 Å². The van der Waals surface area contributed by atoms with E-state index in [0.29, 0.717) is 0 Å². The van der Waals surface area contributed by atoms with E-state index in [0.717, 1.165) is 0 Å². The van der Waals surface area contributed by atoms with Crippen LogP contribution in [0.3, 0.4) is 0 Å². The number of hydrogen-bond acceptors (Lipinski definition) is 4. The maximum atomic E-state index is 10.8. The van der Waals surface area contributed by atoms with Crippen molar-refractivity contribution >= 4 is 21.9 Å². The summed E-state index contributed by atoms with van der Waals surface area (Å²) >= 11 is 0. The number of hydrogen-bond donors (Lipinski definition) is 3. The van der Waals surface area contributed by atoms with E-state index in [4.69, 9.17) is 5.11 Å². The highest BCUT2D eigenvalue weighted by molar-refractivity contribution is 7.89. The number of primary sulfonamides is 1. The highest BCUT2D eigenvalue weighted by Gasteiger charge is 2.06. The molecule has 0 aliphatic rings. The first-order valence-electron chi connectivity index (χ1n) is 3.80. The third kappa shape index (κ3) is 8.94. The van der Waals surface area contributed by atoms with Crippen LogP contribution in [0.5, 0.6) is 0 Å². The molecule has 0 heterocycles. The maximum absolute atomic E-state index is 10.8. The Morgan fingerprint density at radius 3 is 2.29 bits per heavy atom. The Morgan fingerprint density at radius 1 is 1.29 bits per heavy atom. The lowest BCUT2D eigenvalue weighted by Gasteiger charge is -2.02. The van der Waals surface area contributed by atoms with E-state index in [-0.39, 0.29) is 25.1 Å². The normalized spacial score (nSPS) is 10.9. The van der Waals surface area contributed by atoms with Crippen LogP contribution in [0.4, 0.5) is 0 Å². The lowest BCUT2D eigenvalue weighted by molar-refractivity contribution is -0.138. The standard InChI is InChI=1S/C6H12N2O5S/c7-14(12,13)4-3-8-5(9)1-2-6(10)11/h1-4H2,(H,8,9)(H,10,11)(H2,7,12,13). The Hall–Kier alpha value is -1.15. The molecule has 0 saturated carbocycles. The van der Waals surface area contributed by atoms with Gasteiger partial charge in [-0.1, -0.05) is 0 Å². The Morgan fingerprint density at radius 2 is 1.86 bits per heavy atom. The minimum atomic E-state index is -3.58. The summed E-state index contributed by atoms with van der Waals surface area (Å²) in [6.45, 7) is -0.0999. The molecule has 0 aromatic heterocycles. The van der Waals surface area contributed by atoms with Crippen molar-refractivity contribution in [2.24, 2.45) is 5.14 Å². The van der Waals surface area contributed by atoms with Gasteiger partial charge >= 0.3 is 5.97 Å². The molecule has 1 amide bonds. The summed E-state index contributed by atoms with van der Waals surface area (Å²) in [5.74, 6) is -1.94. The van der Waals surface area contributed by atoms with Gasteiger partial charge in [-0.2, -0.15) is 0 Å². The number of nitrogens with one attached hydrogen (secondary N) is 1. The van der Waals surface area contributed by atoms with Crippen LogP contribution < -0.4 is 10.5 Å². The molecule has 0 aliphatic heterocycles. The SMILES string of the molecule is NS(=O)(=O)CCNC(=O)CCC(=O)O. The van der Waals surface area contributed by atoms with Gasteiger partial charge in [0.25, 0.3) is 0 Å². The molecule has 0 radical (unpaired) electrons. The average molecular weight is 224 g/mol. The predicted octanol–water partition coefficient (Wildman–Crippen LogP) is -1.74. The molecule has 0 unspecified atom stereocenters. The van der Waals surface area contributed by atoms with Crippen LogP contribution in [0.25, 0.3) is 0 Å². The van der Waals surface area contributed by atoms with Crippen LogP contribution in [-0.2, 0) is 19.6 Å². The summed E-state index contributed by atoms with van der Waals surface area (Å²) < 4.78 is 20.8. The molecule has 0 fully saturated rings. The zero-order chi connectivity index (χ0) is 11.2. The van der Waals surface area contributed by atoms with Crippen molar-refractivity contribution < 1.29 is 23.1 Å². The number of aliphatic carboxylic acids is 1. The zero-order valence-corrected chi connectivity index (χ0v) is 8.21. The fraction of sp³-hybridized carbons (Fsp3) is 0.667. The fourth-order valence-corrected chi connectivity index (χ4v) is 1.03. The Labute approximate surface area is 81.3 Å². The first-order valence-corrected chi connectivity index (χ1v) is 5.52. The van der Waals surface area contributed by atoms with Gasteiger partial charge in [-0.05, 0) is 0 Å². The van der Waals surface area contributed by atoms with Gasteiger partial charge in [0.15, 0.2) is 0 Å². The number of carbonyl (C=O) groups excluding carboxylic acids is 1. The first-order chi connectivity index (χ1) is 6.31. The van der Waals surface area contributed by atoms with Gasteiger partial charge in [-0.3, -0.25) is 9.59 Å². The fourth-order valence-electron chi connectivity index (χ4n) is 0.642. The summed E-state index contributed by atoms with van der Waals surface area (Å²) in [7, 11) is -3.58. The molecule has 0 rings (SSSR count). The van der Waals surface area contributed by atoms with Crippen molar-refractivity contribution in [1.82, 2.24) is 5.32 Å². The van der Waals surface area contributed by atoms with Crippen LogP contribution in [0.1, 0.15) is 12.8 Å². The lowest BCUT2D eigenvalue weighted by Crippen LogP contribution is -2.31. The monoisotopic (exact) mass is 224 g/mol. The Bertz CT molecular complexity index is 310. The van der Waals surface area contributed by atoms with Gasteiger partial charge in [0.2, 0.25) is 15.9 Å². The molecule has 4 N–H and O–H groups in total. The van der Waals surface area contributed by atoms with Crippen LogP contribution in [0.2, 0.25) is 0 Å². The second kappa shape index (κ2) is 5.55. The molecule has 7 nitrogen and oxygen atoms in total. The number of sulfonamides is 1. The molecule has 0 aliphatic carbocycles. The number of carboxylic acids is 1.